The molecule has 0 aliphatic heterocycles. The van der Waals surface area contributed by atoms with E-state index in [2.05, 4.69) is 15.3 Å². The molecule has 2 rings (SSSR count). The maximum Gasteiger partial charge on any atom is 0.251 e. The Morgan fingerprint density at radius 1 is 1.35 bits per heavy atom. The van der Waals surface area contributed by atoms with E-state index in [1.54, 1.807) is 18.3 Å². The van der Waals surface area contributed by atoms with Crippen LogP contribution < -0.4 is 11.1 Å². The summed E-state index contributed by atoms with van der Waals surface area (Å²) >= 11 is 0. The smallest absolute Gasteiger partial charge is 0.251 e. The number of imidazole rings is 1. The largest absolute Gasteiger partial charge is 0.368 e. The second-order valence-electron chi connectivity index (χ2n) is 4.58. The lowest BCUT2D eigenvalue weighted by Gasteiger charge is -2.14. The van der Waals surface area contributed by atoms with Gasteiger partial charge in [0.05, 0.1) is 6.33 Å². The Kier molecular flexibility index (Phi) is 4.14. The third-order valence-electron chi connectivity index (χ3n) is 2.94. The molecule has 2 amide bonds. The summed E-state index contributed by atoms with van der Waals surface area (Å²) in [6.07, 6.45) is 3.39. The number of carbonyl (C=O) groups is 2. The van der Waals surface area contributed by atoms with Gasteiger partial charge in [0.1, 0.15) is 6.04 Å². The van der Waals surface area contributed by atoms with Gasteiger partial charge < -0.3 is 16.0 Å². The minimum atomic E-state index is -0.774. The maximum absolute atomic E-state index is 12.1. The second kappa shape index (κ2) is 6.01. The molecule has 0 bridgehead atoms. The summed E-state index contributed by atoms with van der Waals surface area (Å²) in [5.41, 5.74) is 7.60. The highest BCUT2D eigenvalue weighted by molar-refractivity contribution is 5.97. The fourth-order valence-corrected chi connectivity index (χ4v) is 1.79. The van der Waals surface area contributed by atoms with Gasteiger partial charge in [-0.05, 0) is 19.1 Å². The summed E-state index contributed by atoms with van der Waals surface area (Å²) in [7, 11) is 0. The van der Waals surface area contributed by atoms with Crippen molar-refractivity contribution in [2.75, 3.05) is 0 Å². The van der Waals surface area contributed by atoms with Crippen LogP contribution in [0.15, 0.2) is 36.8 Å². The molecule has 0 radical (unpaired) electrons. The molecule has 1 atom stereocenters. The molecule has 1 unspecified atom stereocenters. The van der Waals surface area contributed by atoms with E-state index in [1.807, 2.05) is 19.1 Å². The van der Waals surface area contributed by atoms with Gasteiger partial charge in [0, 0.05) is 23.9 Å². The molecule has 104 valence electrons. The van der Waals surface area contributed by atoms with Crippen LogP contribution in [0.2, 0.25) is 0 Å². The van der Waals surface area contributed by atoms with E-state index in [9.17, 15) is 9.59 Å². The molecule has 0 fully saturated rings. The number of amides is 2. The van der Waals surface area contributed by atoms with Crippen LogP contribution >= 0.6 is 0 Å². The van der Waals surface area contributed by atoms with Gasteiger partial charge in [0.15, 0.2) is 0 Å². The number of benzene rings is 1. The van der Waals surface area contributed by atoms with Crippen molar-refractivity contribution in [1.82, 2.24) is 15.3 Å². The molecule has 20 heavy (non-hydrogen) atoms. The number of rotatable bonds is 5. The molecular weight excluding hydrogens is 256 g/mol. The van der Waals surface area contributed by atoms with Crippen LogP contribution in [-0.2, 0) is 11.2 Å². The van der Waals surface area contributed by atoms with E-state index in [1.165, 1.54) is 6.33 Å². The van der Waals surface area contributed by atoms with Gasteiger partial charge in [0.25, 0.3) is 5.91 Å². The zero-order valence-electron chi connectivity index (χ0n) is 11.1. The first-order valence-corrected chi connectivity index (χ1v) is 6.20. The predicted molar refractivity (Wildman–Crippen MR) is 73.9 cm³/mol. The highest BCUT2D eigenvalue weighted by atomic mass is 16.2. The number of carbonyl (C=O) groups excluding carboxylic acids is 2. The van der Waals surface area contributed by atoms with Gasteiger partial charge in [-0.1, -0.05) is 17.7 Å². The van der Waals surface area contributed by atoms with Crippen LogP contribution in [-0.4, -0.2) is 27.8 Å². The summed E-state index contributed by atoms with van der Waals surface area (Å²) < 4.78 is 0. The van der Waals surface area contributed by atoms with E-state index in [-0.39, 0.29) is 12.3 Å². The normalized spacial score (nSPS) is 11.8. The number of hydrogen-bond donors (Lipinski definition) is 3. The molecule has 4 N–H and O–H groups in total. The Labute approximate surface area is 116 Å². The van der Waals surface area contributed by atoms with Gasteiger partial charge in [-0.15, -0.1) is 0 Å². The van der Waals surface area contributed by atoms with Crippen molar-refractivity contribution in [3.8, 4) is 0 Å². The number of aromatic nitrogens is 2. The monoisotopic (exact) mass is 272 g/mol. The van der Waals surface area contributed by atoms with Crippen molar-refractivity contribution in [2.45, 2.75) is 19.4 Å². The molecule has 1 heterocycles. The Bertz CT molecular complexity index is 590. The molecule has 2 aromatic rings. The molecule has 6 nitrogen and oxygen atoms in total. The highest BCUT2D eigenvalue weighted by Gasteiger charge is 2.19. The van der Waals surface area contributed by atoms with Crippen LogP contribution in [0.5, 0.6) is 0 Å². The molecule has 1 aromatic heterocycles. The van der Waals surface area contributed by atoms with Crippen molar-refractivity contribution < 1.29 is 9.59 Å². The number of primary amides is 1. The topological polar surface area (TPSA) is 101 Å². The van der Waals surface area contributed by atoms with Crippen LogP contribution in [0.25, 0.3) is 0 Å². The predicted octanol–water partition coefficient (Wildman–Crippen LogP) is 0.545. The first-order chi connectivity index (χ1) is 9.56. The molecular formula is C14H16N4O2. The Hall–Kier alpha value is -2.63. The lowest BCUT2D eigenvalue weighted by atomic mass is 10.1. The van der Waals surface area contributed by atoms with Gasteiger partial charge in [-0.25, -0.2) is 4.98 Å². The molecule has 6 heteroatoms. The van der Waals surface area contributed by atoms with Crippen LogP contribution in [0.4, 0.5) is 0 Å². The van der Waals surface area contributed by atoms with E-state index in [0.717, 1.165) is 11.3 Å². The number of nitrogens with zero attached hydrogens (tertiary/aromatic N) is 1. The molecule has 0 spiro atoms. The molecule has 0 aliphatic carbocycles. The number of hydrogen-bond acceptors (Lipinski definition) is 3. The number of nitrogens with two attached hydrogens (primary N) is 1. The summed E-state index contributed by atoms with van der Waals surface area (Å²) in [5, 5.41) is 2.63. The molecule has 0 aliphatic rings. The van der Waals surface area contributed by atoms with Crippen LogP contribution in [0, 0.1) is 6.92 Å². The van der Waals surface area contributed by atoms with Gasteiger partial charge >= 0.3 is 0 Å². The van der Waals surface area contributed by atoms with E-state index in [4.69, 9.17) is 5.73 Å². The first-order valence-electron chi connectivity index (χ1n) is 6.20. The van der Waals surface area contributed by atoms with Crippen LogP contribution in [0.3, 0.4) is 0 Å². The fourth-order valence-electron chi connectivity index (χ4n) is 1.79. The zero-order valence-corrected chi connectivity index (χ0v) is 11.1. The second-order valence-corrected chi connectivity index (χ2v) is 4.58. The van der Waals surface area contributed by atoms with E-state index in [0.29, 0.717) is 5.56 Å². The highest BCUT2D eigenvalue weighted by Crippen LogP contribution is 2.05. The van der Waals surface area contributed by atoms with Crippen molar-refractivity contribution in [3.63, 3.8) is 0 Å². The third kappa shape index (κ3) is 3.44. The average molecular weight is 272 g/mol. The minimum Gasteiger partial charge on any atom is -0.368 e. The van der Waals surface area contributed by atoms with Crippen molar-refractivity contribution >= 4 is 11.8 Å². The average Bonchev–Trinajstić information content (AvgIpc) is 2.91. The number of aryl methyl sites for hydroxylation is 1. The maximum atomic E-state index is 12.1. The van der Waals surface area contributed by atoms with Gasteiger partial charge in [-0.2, -0.15) is 0 Å². The number of H-pyrrole nitrogens is 1. The van der Waals surface area contributed by atoms with Gasteiger partial charge in [0.2, 0.25) is 5.91 Å². The molecule has 1 aromatic carbocycles. The van der Waals surface area contributed by atoms with Crippen LogP contribution in [0.1, 0.15) is 21.6 Å². The lowest BCUT2D eigenvalue weighted by molar-refractivity contribution is -0.119. The van der Waals surface area contributed by atoms with Crippen molar-refractivity contribution in [3.05, 3.63) is 53.6 Å². The molecule has 0 saturated carbocycles. The fraction of sp³-hybridized carbons (Fsp3) is 0.214. The number of nitrogens with one attached hydrogen (secondary N) is 2. The Balaban J connectivity index is 2.06. The van der Waals surface area contributed by atoms with Crippen molar-refractivity contribution in [1.29, 1.82) is 0 Å². The van der Waals surface area contributed by atoms with Gasteiger partial charge in [-0.3, -0.25) is 9.59 Å². The number of aromatic amines is 1. The summed E-state index contributed by atoms with van der Waals surface area (Å²) in [6, 6.07) is 6.31. The van der Waals surface area contributed by atoms with Crippen molar-refractivity contribution in [2.24, 2.45) is 5.73 Å². The lowest BCUT2D eigenvalue weighted by Crippen LogP contribution is -2.45. The SMILES string of the molecule is Cc1ccc(C(=O)NC(Cc2cnc[nH]2)C(N)=O)cc1. The van der Waals surface area contributed by atoms with E-state index < -0.39 is 11.9 Å². The quantitative estimate of drug-likeness (QED) is 0.740. The molecule has 0 saturated heterocycles. The Morgan fingerprint density at radius 2 is 2.05 bits per heavy atom. The zero-order chi connectivity index (χ0) is 14.5. The Morgan fingerprint density at radius 3 is 2.60 bits per heavy atom. The summed E-state index contributed by atoms with van der Waals surface area (Å²) in [4.78, 5) is 30.2. The minimum absolute atomic E-state index is 0.285. The van der Waals surface area contributed by atoms with E-state index >= 15 is 0 Å². The first kappa shape index (κ1) is 13.8. The standard InChI is InChI=1S/C14H16N4O2/c1-9-2-4-10(5-3-9)14(20)18-12(13(15)19)6-11-7-16-8-17-11/h2-5,7-8,12H,6H2,1H3,(H2,15,19)(H,16,17)(H,18,20). The third-order valence-corrected chi connectivity index (χ3v) is 2.94. The summed E-state index contributed by atoms with van der Waals surface area (Å²) in [5.74, 6) is -0.909. The summed E-state index contributed by atoms with van der Waals surface area (Å²) in [6.45, 7) is 1.94.